The molecule has 0 spiro atoms. The molecule has 2 atom stereocenters. The zero-order valence-corrected chi connectivity index (χ0v) is 26.1. The monoisotopic (exact) mass is 503 g/mol. The Balaban J connectivity index is 3.43. The molecule has 0 fully saturated rings. The molecular formula is C36H70. The lowest BCUT2D eigenvalue weighted by Crippen LogP contribution is -1.96. The van der Waals surface area contributed by atoms with Gasteiger partial charge in [0, 0.05) is 0 Å². The average molecular weight is 503 g/mol. The lowest BCUT2D eigenvalue weighted by Gasteiger charge is -2.13. The van der Waals surface area contributed by atoms with Crippen LogP contribution in [0.15, 0.2) is 24.3 Å². The third kappa shape index (κ3) is 25.1. The molecule has 0 saturated heterocycles. The molecule has 0 heterocycles. The van der Waals surface area contributed by atoms with Crippen LogP contribution in [0.25, 0.3) is 0 Å². The highest BCUT2D eigenvalue weighted by Gasteiger charge is 2.05. The lowest BCUT2D eigenvalue weighted by molar-refractivity contribution is 0.431. The van der Waals surface area contributed by atoms with Crippen LogP contribution in [-0.4, -0.2) is 0 Å². The molecule has 36 heavy (non-hydrogen) atoms. The number of hydrogen-bond donors (Lipinski definition) is 0. The second-order valence-electron chi connectivity index (χ2n) is 12.8. The van der Waals surface area contributed by atoms with Gasteiger partial charge >= 0.3 is 0 Å². The van der Waals surface area contributed by atoms with E-state index in [1.165, 1.54) is 165 Å². The Morgan fingerprint density at radius 2 is 0.694 bits per heavy atom. The topological polar surface area (TPSA) is 0 Å². The number of unbranched alkanes of at least 4 members (excludes halogenated alkanes) is 10. The van der Waals surface area contributed by atoms with E-state index in [1.807, 2.05) is 0 Å². The molecule has 0 rings (SSSR count). The predicted molar refractivity (Wildman–Crippen MR) is 168 cm³/mol. The van der Waals surface area contributed by atoms with Gasteiger partial charge in [0.25, 0.3) is 0 Å². The first-order valence-electron chi connectivity index (χ1n) is 16.7. The van der Waals surface area contributed by atoms with Crippen LogP contribution < -0.4 is 0 Å². The highest BCUT2D eigenvalue weighted by molar-refractivity contribution is 4.94. The van der Waals surface area contributed by atoms with E-state index in [0.29, 0.717) is 0 Å². The van der Waals surface area contributed by atoms with Crippen molar-refractivity contribution in [3.05, 3.63) is 24.3 Å². The van der Waals surface area contributed by atoms with Gasteiger partial charge in [-0.1, -0.05) is 162 Å². The van der Waals surface area contributed by atoms with Crippen LogP contribution in [0.2, 0.25) is 0 Å². The number of hydrogen-bond acceptors (Lipinski definition) is 0. The minimum absolute atomic E-state index is 0.882. The molecular weight excluding hydrogens is 432 g/mol. The minimum atomic E-state index is 0.882. The van der Waals surface area contributed by atoms with E-state index in [2.05, 4.69) is 47.8 Å². The van der Waals surface area contributed by atoms with E-state index >= 15 is 0 Å². The molecule has 0 nitrogen and oxygen atoms in total. The van der Waals surface area contributed by atoms with Gasteiger partial charge in [0.1, 0.15) is 0 Å². The van der Waals surface area contributed by atoms with Crippen molar-refractivity contribution in [1.82, 2.24) is 0 Å². The fourth-order valence-corrected chi connectivity index (χ4v) is 5.49. The molecule has 0 saturated carbocycles. The van der Waals surface area contributed by atoms with Crippen LogP contribution in [0.4, 0.5) is 0 Å². The van der Waals surface area contributed by atoms with E-state index < -0.39 is 0 Å². The smallest absolute Gasteiger partial charge is 0.0320 e. The molecule has 0 aliphatic rings. The highest BCUT2D eigenvalue weighted by Crippen LogP contribution is 2.23. The van der Waals surface area contributed by atoms with Gasteiger partial charge in [0.2, 0.25) is 0 Å². The molecule has 2 unspecified atom stereocenters. The van der Waals surface area contributed by atoms with Crippen molar-refractivity contribution in [3.63, 3.8) is 0 Å². The third-order valence-electron chi connectivity index (χ3n) is 8.54. The summed E-state index contributed by atoms with van der Waals surface area (Å²) in [6.07, 6.45) is 33.0. The summed E-state index contributed by atoms with van der Waals surface area (Å²) >= 11 is 0. The molecule has 0 aromatic rings. The van der Waals surface area contributed by atoms with E-state index in [1.54, 1.807) is 0 Å². The highest BCUT2D eigenvalue weighted by atomic mass is 14.1. The zero-order valence-electron chi connectivity index (χ0n) is 26.1. The standard InChI is InChI=1S/C36H70/c1-8-10-22-33(4)28-30-35(6)26-20-16-12-14-18-24-32(3)25-19-15-13-17-21-27-36(7)31-29-34(5)23-11-9-2/h32-34H,6-31H2,1-5H3. The fraction of sp³-hybridized carbons (Fsp3) is 0.889. The summed E-state index contributed by atoms with van der Waals surface area (Å²) in [5, 5.41) is 0. The molecule has 0 aromatic heterocycles. The van der Waals surface area contributed by atoms with Crippen molar-refractivity contribution in [1.29, 1.82) is 0 Å². The van der Waals surface area contributed by atoms with Gasteiger partial charge in [-0.25, -0.2) is 0 Å². The second-order valence-corrected chi connectivity index (χ2v) is 12.8. The SMILES string of the molecule is C=C(CCCCCCCC(C)CCCCCCCC(=C)CCC(C)CCCC)CCC(C)CCCC. The summed E-state index contributed by atoms with van der Waals surface area (Å²) in [6.45, 7) is 20.6. The Morgan fingerprint density at radius 3 is 1.08 bits per heavy atom. The lowest BCUT2D eigenvalue weighted by atomic mass is 9.94. The normalized spacial score (nSPS) is 14.0. The van der Waals surface area contributed by atoms with Crippen molar-refractivity contribution in [2.45, 2.75) is 189 Å². The Morgan fingerprint density at radius 1 is 0.389 bits per heavy atom. The Kier molecular flexibility index (Phi) is 25.7. The van der Waals surface area contributed by atoms with Gasteiger partial charge in [-0.2, -0.15) is 0 Å². The van der Waals surface area contributed by atoms with Crippen molar-refractivity contribution >= 4 is 0 Å². The maximum Gasteiger partial charge on any atom is -0.0320 e. The van der Waals surface area contributed by atoms with Crippen LogP contribution in [0.5, 0.6) is 0 Å². The largest absolute Gasteiger partial charge is 0.0999 e. The first-order valence-corrected chi connectivity index (χ1v) is 16.7. The first-order chi connectivity index (χ1) is 17.4. The predicted octanol–water partition coefficient (Wildman–Crippen LogP) is 13.4. The van der Waals surface area contributed by atoms with E-state index in [0.717, 1.165) is 17.8 Å². The van der Waals surface area contributed by atoms with Crippen LogP contribution in [0.1, 0.15) is 189 Å². The third-order valence-corrected chi connectivity index (χ3v) is 8.54. The van der Waals surface area contributed by atoms with Gasteiger partial charge in [0.05, 0.1) is 0 Å². The summed E-state index contributed by atoms with van der Waals surface area (Å²) in [4.78, 5) is 0. The van der Waals surface area contributed by atoms with E-state index in [-0.39, 0.29) is 0 Å². The molecule has 0 amide bonds. The number of rotatable bonds is 28. The minimum Gasteiger partial charge on any atom is -0.0999 e. The summed E-state index contributed by atoms with van der Waals surface area (Å²) in [6, 6.07) is 0. The molecule has 0 aliphatic carbocycles. The number of allylic oxidation sites excluding steroid dienone is 2. The fourth-order valence-electron chi connectivity index (χ4n) is 5.49. The second kappa shape index (κ2) is 26.1. The Hall–Kier alpha value is -0.520. The first kappa shape index (κ1) is 35.5. The van der Waals surface area contributed by atoms with Crippen LogP contribution in [0, 0.1) is 17.8 Å². The van der Waals surface area contributed by atoms with Gasteiger partial charge in [-0.15, -0.1) is 0 Å². The molecule has 214 valence electrons. The summed E-state index contributed by atoms with van der Waals surface area (Å²) in [5.74, 6) is 2.69. The molecule has 0 N–H and O–H groups in total. The summed E-state index contributed by atoms with van der Waals surface area (Å²) in [7, 11) is 0. The quantitative estimate of drug-likeness (QED) is 0.0736. The van der Waals surface area contributed by atoms with Gasteiger partial charge < -0.3 is 0 Å². The molecule has 0 radical (unpaired) electrons. The van der Waals surface area contributed by atoms with E-state index in [4.69, 9.17) is 0 Å². The van der Waals surface area contributed by atoms with Crippen molar-refractivity contribution < 1.29 is 0 Å². The zero-order chi connectivity index (χ0) is 26.9. The summed E-state index contributed by atoms with van der Waals surface area (Å²) < 4.78 is 0. The van der Waals surface area contributed by atoms with Gasteiger partial charge in [-0.3, -0.25) is 0 Å². The molecule has 0 bridgehead atoms. The van der Waals surface area contributed by atoms with Crippen molar-refractivity contribution in [2.24, 2.45) is 17.8 Å². The van der Waals surface area contributed by atoms with Crippen molar-refractivity contribution in [3.8, 4) is 0 Å². The Bertz CT molecular complexity index is 442. The van der Waals surface area contributed by atoms with Gasteiger partial charge in [0.15, 0.2) is 0 Å². The maximum atomic E-state index is 4.34. The Labute approximate surface area is 230 Å². The average Bonchev–Trinajstić information content (AvgIpc) is 2.86. The molecule has 0 heteroatoms. The van der Waals surface area contributed by atoms with Crippen molar-refractivity contribution in [2.75, 3.05) is 0 Å². The van der Waals surface area contributed by atoms with E-state index in [9.17, 15) is 0 Å². The van der Waals surface area contributed by atoms with Crippen LogP contribution in [0.3, 0.4) is 0 Å². The van der Waals surface area contributed by atoms with Crippen LogP contribution >= 0.6 is 0 Å². The maximum absolute atomic E-state index is 4.34. The van der Waals surface area contributed by atoms with Crippen LogP contribution in [-0.2, 0) is 0 Å². The summed E-state index contributed by atoms with van der Waals surface area (Å²) in [5.41, 5.74) is 3.01. The molecule has 0 aromatic carbocycles. The van der Waals surface area contributed by atoms with Gasteiger partial charge in [-0.05, 0) is 69.1 Å². The molecule has 0 aliphatic heterocycles.